The first-order valence-corrected chi connectivity index (χ1v) is 10.3. The van der Waals surface area contributed by atoms with Gasteiger partial charge in [0, 0.05) is 18.9 Å². The van der Waals surface area contributed by atoms with Crippen LogP contribution >= 0.6 is 0 Å². The van der Waals surface area contributed by atoms with E-state index in [1.165, 1.54) is 7.11 Å². The summed E-state index contributed by atoms with van der Waals surface area (Å²) < 4.78 is 16.9. The highest BCUT2D eigenvalue weighted by Crippen LogP contribution is 2.24. The smallest absolute Gasteiger partial charge is 0.278 e. The summed E-state index contributed by atoms with van der Waals surface area (Å²) in [5.74, 6) is 1.29. The molecule has 1 fully saturated rings. The molecular weight excluding hydrogens is 394 g/mol. The molecule has 7 heteroatoms. The van der Waals surface area contributed by atoms with Crippen molar-refractivity contribution in [1.82, 2.24) is 14.9 Å². The number of nitrogens with zero attached hydrogens (tertiary/aromatic N) is 3. The third-order valence-electron chi connectivity index (χ3n) is 5.16. The average Bonchev–Trinajstić information content (AvgIpc) is 2.84. The van der Waals surface area contributed by atoms with Crippen molar-refractivity contribution in [2.24, 2.45) is 0 Å². The number of hydrogen-bond donors (Lipinski definition) is 0. The number of aromatic nitrogens is 2. The van der Waals surface area contributed by atoms with Crippen LogP contribution in [0, 0.1) is 0 Å². The molecule has 2 heterocycles. The van der Waals surface area contributed by atoms with Gasteiger partial charge in [0.2, 0.25) is 0 Å². The zero-order valence-electron chi connectivity index (χ0n) is 17.4. The van der Waals surface area contributed by atoms with Gasteiger partial charge in [-0.25, -0.2) is 9.97 Å². The maximum absolute atomic E-state index is 12.7. The van der Waals surface area contributed by atoms with E-state index >= 15 is 0 Å². The van der Waals surface area contributed by atoms with Gasteiger partial charge in [-0.2, -0.15) is 0 Å². The van der Waals surface area contributed by atoms with E-state index in [0.29, 0.717) is 30.6 Å². The highest BCUT2D eigenvalue weighted by molar-refractivity contribution is 5.78. The molecule has 4 rings (SSSR count). The van der Waals surface area contributed by atoms with Gasteiger partial charge >= 0.3 is 0 Å². The topological polar surface area (TPSA) is 73.8 Å². The molecule has 1 unspecified atom stereocenters. The monoisotopic (exact) mass is 419 g/mol. The molecule has 0 saturated carbocycles. The van der Waals surface area contributed by atoms with Gasteiger partial charge in [0.25, 0.3) is 17.7 Å². The third-order valence-corrected chi connectivity index (χ3v) is 5.16. The van der Waals surface area contributed by atoms with E-state index in [1.807, 2.05) is 42.5 Å². The van der Waals surface area contributed by atoms with Gasteiger partial charge in [0.15, 0.2) is 6.61 Å². The second kappa shape index (κ2) is 9.93. The fourth-order valence-corrected chi connectivity index (χ4v) is 3.56. The number of piperidine rings is 1. The molecule has 1 aromatic heterocycles. The fraction of sp³-hybridized carbons (Fsp3) is 0.292. The molecule has 0 radical (unpaired) electrons. The summed E-state index contributed by atoms with van der Waals surface area (Å²) in [6.07, 6.45) is 4.64. The van der Waals surface area contributed by atoms with Crippen molar-refractivity contribution >= 4 is 5.91 Å². The number of likely N-dealkylation sites (tertiary alicyclic amines) is 1. The second-order valence-electron chi connectivity index (χ2n) is 7.27. The second-order valence-corrected chi connectivity index (χ2v) is 7.27. The Labute approximate surface area is 181 Å². The van der Waals surface area contributed by atoms with Crippen LogP contribution in [0.5, 0.6) is 17.5 Å². The molecule has 0 N–H and O–H groups in total. The van der Waals surface area contributed by atoms with Crippen LogP contribution in [0.15, 0.2) is 67.0 Å². The Morgan fingerprint density at radius 1 is 1.00 bits per heavy atom. The first-order valence-electron chi connectivity index (χ1n) is 10.3. The van der Waals surface area contributed by atoms with Crippen molar-refractivity contribution in [3.05, 3.63) is 67.0 Å². The predicted molar refractivity (Wildman–Crippen MR) is 116 cm³/mol. The maximum Gasteiger partial charge on any atom is 0.278 e. The number of methoxy groups -OCH3 is 1. The molecule has 1 aliphatic heterocycles. The Hall–Kier alpha value is -3.61. The standard InChI is InChI=1S/C24H25N3O4/c1-29-23-24(26-14-13-25-23)31-21-8-5-15-27(16-21)22(28)17-30-20-11-9-19(10-12-20)18-6-3-2-4-7-18/h2-4,6-7,9-14,21H,5,8,15-17H2,1H3. The molecule has 2 aromatic carbocycles. The van der Waals surface area contributed by atoms with Crippen molar-refractivity contribution in [3.8, 4) is 28.6 Å². The van der Waals surface area contributed by atoms with Crippen molar-refractivity contribution < 1.29 is 19.0 Å². The average molecular weight is 419 g/mol. The summed E-state index contributed by atoms with van der Waals surface area (Å²) in [6.45, 7) is 1.16. The van der Waals surface area contributed by atoms with Gasteiger partial charge in [-0.1, -0.05) is 42.5 Å². The highest BCUT2D eigenvalue weighted by Gasteiger charge is 2.26. The largest absolute Gasteiger partial charge is 0.484 e. The van der Waals surface area contributed by atoms with Crippen LogP contribution in [0.1, 0.15) is 12.8 Å². The first-order chi connectivity index (χ1) is 15.2. The van der Waals surface area contributed by atoms with Crippen LogP contribution < -0.4 is 14.2 Å². The van der Waals surface area contributed by atoms with E-state index in [0.717, 1.165) is 24.0 Å². The number of rotatable bonds is 7. The van der Waals surface area contributed by atoms with E-state index in [9.17, 15) is 4.79 Å². The molecule has 1 aliphatic rings. The van der Waals surface area contributed by atoms with Crippen LogP contribution in [0.4, 0.5) is 0 Å². The minimum absolute atomic E-state index is 0.00807. The lowest BCUT2D eigenvalue weighted by Gasteiger charge is -2.32. The number of benzene rings is 2. The molecule has 0 aliphatic carbocycles. The lowest BCUT2D eigenvalue weighted by atomic mass is 10.1. The van der Waals surface area contributed by atoms with Crippen LogP contribution in [0.2, 0.25) is 0 Å². The fourth-order valence-electron chi connectivity index (χ4n) is 3.56. The number of carbonyl (C=O) groups excluding carboxylic acids is 1. The lowest BCUT2D eigenvalue weighted by Crippen LogP contribution is -2.46. The lowest BCUT2D eigenvalue weighted by molar-refractivity contribution is -0.136. The molecule has 1 atom stereocenters. The van der Waals surface area contributed by atoms with E-state index in [4.69, 9.17) is 14.2 Å². The molecule has 7 nitrogen and oxygen atoms in total. The highest BCUT2D eigenvalue weighted by atomic mass is 16.5. The Balaban J connectivity index is 1.30. The van der Waals surface area contributed by atoms with Crippen molar-refractivity contribution in [1.29, 1.82) is 0 Å². The zero-order valence-corrected chi connectivity index (χ0v) is 17.4. The maximum atomic E-state index is 12.7. The minimum Gasteiger partial charge on any atom is -0.484 e. The Morgan fingerprint density at radius 3 is 2.45 bits per heavy atom. The Morgan fingerprint density at radius 2 is 1.71 bits per heavy atom. The van der Waals surface area contributed by atoms with Crippen LogP contribution in [-0.4, -0.2) is 53.7 Å². The van der Waals surface area contributed by atoms with Crippen LogP contribution in [0.3, 0.4) is 0 Å². The van der Waals surface area contributed by atoms with Crippen molar-refractivity contribution in [2.75, 3.05) is 26.8 Å². The molecule has 1 saturated heterocycles. The normalized spacial score (nSPS) is 15.9. The number of carbonyl (C=O) groups is 1. The summed E-state index contributed by atoms with van der Waals surface area (Å²) in [7, 11) is 1.53. The van der Waals surface area contributed by atoms with Gasteiger partial charge in [-0.3, -0.25) is 4.79 Å². The van der Waals surface area contributed by atoms with Gasteiger partial charge in [-0.15, -0.1) is 0 Å². The molecule has 1 amide bonds. The number of ether oxygens (including phenoxy) is 3. The summed E-state index contributed by atoms with van der Waals surface area (Å²) >= 11 is 0. The zero-order chi connectivity index (χ0) is 21.5. The van der Waals surface area contributed by atoms with Crippen molar-refractivity contribution in [3.63, 3.8) is 0 Å². The summed E-state index contributed by atoms with van der Waals surface area (Å²) in [6, 6.07) is 17.9. The molecule has 0 spiro atoms. The predicted octanol–water partition coefficient (Wildman–Crippen LogP) is 3.60. The summed E-state index contributed by atoms with van der Waals surface area (Å²) in [5.41, 5.74) is 2.25. The Kier molecular flexibility index (Phi) is 6.62. The van der Waals surface area contributed by atoms with E-state index < -0.39 is 0 Å². The van der Waals surface area contributed by atoms with Gasteiger partial charge in [-0.05, 0) is 36.1 Å². The van der Waals surface area contributed by atoms with Crippen LogP contribution in [-0.2, 0) is 4.79 Å². The minimum atomic E-state index is -0.159. The quantitative estimate of drug-likeness (QED) is 0.583. The van der Waals surface area contributed by atoms with Crippen LogP contribution in [0.25, 0.3) is 11.1 Å². The number of hydrogen-bond acceptors (Lipinski definition) is 6. The van der Waals surface area contributed by atoms with Crippen molar-refractivity contribution in [2.45, 2.75) is 18.9 Å². The Bertz CT molecular complexity index is 995. The molecule has 0 bridgehead atoms. The van der Waals surface area contributed by atoms with E-state index in [2.05, 4.69) is 22.1 Å². The van der Waals surface area contributed by atoms with E-state index in [-0.39, 0.29) is 18.6 Å². The summed E-state index contributed by atoms with van der Waals surface area (Å²) in [5, 5.41) is 0. The van der Waals surface area contributed by atoms with E-state index in [1.54, 1.807) is 17.3 Å². The van der Waals surface area contributed by atoms with Gasteiger partial charge in [0.05, 0.1) is 13.7 Å². The molecule has 3 aromatic rings. The summed E-state index contributed by atoms with van der Waals surface area (Å²) in [4.78, 5) is 22.7. The molecular formula is C24H25N3O4. The first kappa shape index (κ1) is 20.7. The third kappa shape index (κ3) is 5.31. The van der Waals surface area contributed by atoms with Gasteiger partial charge in [0.1, 0.15) is 11.9 Å². The molecule has 31 heavy (non-hydrogen) atoms. The molecule has 160 valence electrons. The number of amides is 1. The SMILES string of the molecule is COc1nccnc1OC1CCCN(C(=O)COc2ccc(-c3ccccc3)cc2)C1. The van der Waals surface area contributed by atoms with Gasteiger partial charge < -0.3 is 19.1 Å².